The van der Waals surface area contributed by atoms with Crippen molar-refractivity contribution in [3.05, 3.63) is 89.5 Å². The van der Waals surface area contributed by atoms with Crippen molar-refractivity contribution < 1.29 is 14.6 Å². The SMILES string of the molecule is O=C(OCC1c2ccccc2-c2ccccc21)N(Cc1ccc(O)cc1)C1CC1. The summed E-state index contributed by atoms with van der Waals surface area (Å²) in [5.41, 5.74) is 5.89. The lowest BCUT2D eigenvalue weighted by atomic mass is 9.98. The molecule has 3 aromatic rings. The molecule has 1 N–H and O–H groups in total. The maximum Gasteiger partial charge on any atom is 0.410 e. The zero-order valence-corrected chi connectivity index (χ0v) is 16.1. The van der Waals surface area contributed by atoms with E-state index in [1.807, 2.05) is 29.2 Å². The van der Waals surface area contributed by atoms with Crippen molar-refractivity contribution in [2.45, 2.75) is 31.3 Å². The van der Waals surface area contributed by atoms with Crippen LogP contribution in [0.2, 0.25) is 0 Å². The van der Waals surface area contributed by atoms with Gasteiger partial charge in [0, 0.05) is 18.5 Å². The smallest absolute Gasteiger partial charge is 0.410 e. The minimum Gasteiger partial charge on any atom is -0.508 e. The molecule has 0 saturated heterocycles. The van der Waals surface area contributed by atoms with Crippen molar-refractivity contribution in [2.75, 3.05) is 6.61 Å². The topological polar surface area (TPSA) is 49.8 Å². The lowest BCUT2D eigenvalue weighted by Gasteiger charge is -2.23. The van der Waals surface area contributed by atoms with Gasteiger partial charge >= 0.3 is 6.09 Å². The molecule has 5 rings (SSSR count). The van der Waals surface area contributed by atoms with Gasteiger partial charge in [0.15, 0.2) is 0 Å². The second-order valence-corrected chi connectivity index (χ2v) is 7.83. The molecule has 146 valence electrons. The highest BCUT2D eigenvalue weighted by Gasteiger charge is 2.35. The summed E-state index contributed by atoms with van der Waals surface area (Å²) in [6.45, 7) is 0.841. The number of carbonyl (C=O) groups is 1. The number of nitrogens with zero attached hydrogens (tertiary/aromatic N) is 1. The number of rotatable bonds is 5. The highest BCUT2D eigenvalue weighted by molar-refractivity contribution is 5.79. The van der Waals surface area contributed by atoms with Crippen molar-refractivity contribution in [3.63, 3.8) is 0 Å². The number of amides is 1. The van der Waals surface area contributed by atoms with E-state index in [0.717, 1.165) is 18.4 Å². The summed E-state index contributed by atoms with van der Waals surface area (Å²) >= 11 is 0. The van der Waals surface area contributed by atoms with E-state index in [0.29, 0.717) is 13.2 Å². The molecule has 1 fully saturated rings. The molecule has 2 aliphatic carbocycles. The van der Waals surface area contributed by atoms with E-state index in [9.17, 15) is 9.90 Å². The standard InChI is InChI=1S/C25H23NO3/c27-19-13-9-17(10-14-19)15-26(18-11-12-18)25(28)29-16-24-22-7-3-1-5-20(22)21-6-2-4-8-23(21)24/h1-10,13-14,18,24,27H,11-12,15-16H2. The third-order valence-electron chi connectivity index (χ3n) is 5.85. The molecule has 1 amide bonds. The number of ether oxygens (including phenoxy) is 1. The molecule has 0 spiro atoms. The largest absolute Gasteiger partial charge is 0.508 e. The average Bonchev–Trinajstić information content (AvgIpc) is 3.54. The first-order valence-electron chi connectivity index (χ1n) is 10.1. The van der Waals surface area contributed by atoms with E-state index in [4.69, 9.17) is 4.74 Å². The Morgan fingerprint density at radius 2 is 1.48 bits per heavy atom. The first-order chi connectivity index (χ1) is 14.2. The number of fused-ring (bicyclic) bond motifs is 3. The molecule has 0 unspecified atom stereocenters. The first kappa shape index (κ1) is 17.8. The highest BCUT2D eigenvalue weighted by atomic mass is 16.6. The van der Waals surface area contributed by atoms with Crippen molar-refractivity contribution in [2.24, 2.45) is 0 Å². The lowest BCUT2D eigenvalue weighted by Crippen LogP contribution is -2.34. The summed E-state index contributed by atoms with van der Waals surface area (Å²) in [5, 5.41) is 9.48. The number of benzene rings is 3. The summed E-state index contributed by atoms with van der Waals surface area (Å²) in [4.78, 5) is 14.7. The van der Waals surface area contributed by atoms with Crippen LogP contribution in [0.1, 0.15) is 35.4 Å². The van der Waals surface area contributed by atoms with Crippen LogP contribution < -0.4 is 0 Å². The van der Waals surface area contributed by atoms with Crippen molar-refractivity contribution in [1.29, 1.82) is 0 Å². The molecule has 0 aliphatic heterocycles. The lowest BCUT2D eigenvalue weighted by molar-refractivity contribution is 0.0945. The zero-order valence-electron chi connectivity index (χ0n) is 16.1. The molecule has 0 aromatic heterocycles. The van der Waals surface area contributed by atoms with Crippen molar-refractivity contribution in [1.82, 2.24) is 4.90 Å². The molecule has 0 bridgehead atoms. The Morgan fingerprint density at radius 1 is 0.897 bits per heavy atom. The second-order valence-electron chi connectivity index (χ2n) is 7.83. The van der Waals surface area contributed by atoms with Gasteiger partial charge in [0.05, 0.1) is 0 Å². The van der Waals surface area contributed by atoms with E-state index in [2.05, 4.69) is 36.4 Å². The number of aromatic hydroxyl groups is 1. The van der Waals surface area contributed by atoms with Crippen LogP contribution in [0.3, 0.4) is 0 Å². The molecule has 0 atom stereocenters. The molecular weight excluding hydrogens is 362 g/mol. The van der Waals surface area contributed by atoms with Crippen LogP contribution in [-0.2, 0) is 11.3 Å². The van der Waals surface area contributed by atoms with Gasteiger partial charge in [-0.3, -0.25) is 0 Å². The Hall–Kier alpha value is -3.27. The number of hydrogen-bond acceptors (Lipinski definition) is 3. The number of phenols is 1. The van der Waals surface area contributed by atoms with Crippen LogP contribution in [0, 0.1) is 0 Å². The van der Waals surface area contributed by atoms with Crippen molar-refractivity contribution >= 4 is 6.09 Å². The predicted octanol–water partition coefficient (Wildman–Crippen LogP) is 5.31. The van der Waals surface area contributed by atoms with Crippen molar-refractivity contribution in [3.8, 4) is 16.9 Å². The van der Waals surface area contributed by atoms with Gasteiger partial charge in [-0.1, -0.05) is 60.7 Å². The van der Waals surface area contributed by atoms with Crippen LogP contribution in [-0.4, -0.2) is 28.7 Å². The highest BCUT2D eigenvalue weighted by Crippen LogP contribution is 2.44. The predicted molar refractivity (Wildman–Crippen MR) is 112 cm³/mol. The normalized spacial score (nSPS) is 14.9. The van der Waals surface area contributed by atoms with Gasteiger partial charge in [-0.15, -0.1) is 0 Å². The Morgan fingerprint density at radius 3 is 2.07 bits per heavy atom. The van der Waals surface area contributed by atoms with Crippen LogP contribution in [0.4, 0.5) is 4.79 Å². The summed E-state index contributed by atoms with van der Waals surface area (Å²) < 4.78 is 5.84. The van der Waals surface area contributed by atoms with Gasteiger partial charge in [0.25, 0.3) is 0 Å². The van der Waals surface area contributed by atoms with Gasteiger partial charge < -0.3 is 14.7 Å². The van der Waals surface area contributed by atoms with E-state index in [1.165, 1.54) is 22.3 Å². The third kappa shape index (κ3) is 3.46. The quantitative estimate of drug-likeness (QED) is 0.648. The van der Waals surface area contributed by atoms with Gasteiger partial charge in [0.1, 0.15) is 12.4 Å². The fourth-order valence-corrected chi connectivity index (χ4v) is 4.20. The molecule has 4 nitrogen and oxygen atoms in total. The molecule has 1 saturated carbocycles. The average molecular weight is 385 g/mol. The van der Waals surface area contributed by atoms with Gasteiger partial charge in [-0.05, 0) is 52.8 Å². The summed E-state index contributed by atoms with van der Waals surface area (Å²) in [6, 6.07) is 24.0. The van der Waals surface area contributed by atoms with Gasteiger partial charge in [-0.2, -0.15) is 0 Å². The van der Waals surface area contributed by atoms with Crippen LogP contribution in [0.15, 0.2) is 72.8 Å². The molecule has 29 heavy (non-hydrogen) atoms. The van der Waals surface area contributed by atoms with E-state index >= 15 is 0 Å². The van der Waals surface area contributed by atoms with E-state index < -0.39 is 0 Å². The minimum atomic E-state index is -0.262. The summed E-state index contributed by atoms with van der Waals surface area (Å²) in [6.07, 6.45) is 1.77. The molecule has 4 heteroatoms. The molecule has 3 aromatic carbocycles. The zero-order chi connectivity index (χ0) is 19.8. The number of phenolic OH excluding ortho intramolecular Hbond substituents is 1. The Kier molecular flexibility index (Phi) is 4.47. The van der Waals surface area contributed by atoms with Gasteiger partial charge in [0.2, 0.25) is 0 Å². The van der Waals surface area contributed by atoms with Gasteiger partial charge in [-0.25, -0.2) is 4.79 Å². The summed E-state index contributed by atoms with van der Waals surface area (Å²) in [5.74, 6) is 0.300. The molecule has 0 radical (unpaired) electrons. The Labute approximate surface area is 170 Å². The minimum absolute atomic E-state index is 0.0704. The maximum absolute atomic E-state index is 12.9. The molecule has 2 aliphatic rings. The first-order valence-corrected chi connectivity index (χ1v) is 10.1. The molecule has 0 heterocycles. The Balaban J connectivity index is 1.32. The number of hydrogen-bond donors (Lipinski definition) is 1. The monoisotopic (exact) mass is 385 g/mol. The van der Waals surface area contributed by atoms with Crippen LogP contribution >= 0.6 is 0 Å². The fourth-order valence-electron chi connectivity index (χ4n) is 4.20. The van der Waals surface area contributed by atoms with Crippen LogP contribution in [0.5, 0.6) is 5.75 Å². The fraction of sp³-hybridized carbons (Fsp3) is 0.240. The van der Waals surface area contributed by atoms with E-state index in [-0.39, 0.29) is 23.8 Å². The van der Waals surface area contributed by atoms with E-state index in [1.54, 1.807) is 12.1 Å². The third-order valence-corrected chi connectivity index (χ3v) is 5.85. The van der Waals surface area contributed by atoms with Crippen LogP contribution in [0.25, 0.3) is 11.1 Å². The summed E-state index contributed by atoms with van der Waals surface area (Å²) in [7, 11) is 0. The molecular formula is C25H23NO3. The Bertz CT molecular complexity index is 994. The second kappa shape index (κ2) is 7.28. The maximum atomic E-state index is 12.9. The number of carbonyl (C=O) groups excluding carboxylic acids is 1.